The van der Waals surface area contributed by atoms with Gasteiger partial charge in [-0.1, -0.05) is 60.7 Å². The summed E-state index contributed by atoms with van der Waals surface area (Å²) in [5, 5.41) is 2.82. The van der Waals surface area contributed by atoms with E-state index in [0.29, 0.717) is 5.88 Å². The molecule has 0 spiro atoms. The number of halogens is 1. The molecule has 1 N–H and O–H groups in total. The smallest absolute Gasteiger partial charge is 0.445 e. The highest BCUT2D eigenvalue weighted by atomic mass is 35.5. The molecule has 2 aromatic carbocycles. The highest BCUT2D eigenvalue weighted by molar-refractivity contribution is 6.56. The van der Waals surface area contributed by atoms with Gasteiger partial charge in [-0.3, -0.25) is 0 Å². The van der Waals surface area contributed by atoms with E-state index in [0.717, 1.165) is 22.2 Å². The molecule has 1 aliphatic rings. The molecule has 0 aromatic heterocycles. The van der Waals surface area contributed by atoms with Crippen LogP contribution in [0.2, 0.25) is 0 Å². The Morgan fingerprint density at radius 2 is 1.68 bits per heavy atom. The molecule has 1 heterocycles. The van der Waals surface area contributed by atoms with Crippen LogP contribution in [0.25, 0.3) is 6.08 Å². The average Bonchev–Trinajstić information content (AvgIpc) is 2.97. The van der Waals surface area contributed by atoms with Crippen molar-refractivity contribution in [3.8, 4) is 0 Å². The fraction of sp³-hybridized carbons (Fsp3) is 0.375. The summed E-state index contributed by atoms with van der Waals surface area (Å²) >= 11 is 5.98. The van der Waals surface area contributed by atoms with Gasteiger partial charge in [0, 0.05) is 12.4 Å². The van der Waals surface area contributed by atoms with E-state index in [1.165, 1.54) is 0 Å². The number of amides is 1. The van der Waals surface area contributed by atoms with Crippen LogP contribution in [-0.2, 0) is 26.5 Å². The Morgan fingerprint density at radius 3 is 2.32 bits per heavy atom. The maximum atomic E-state index is 12.3. The van der Waals surface area contributed by atoms with E-state index in [-0.39, 0.29) is 13.2 Å². The van der Waals surface area contributed by atoms with Gasteiger partial charge in [0.2, 0.25) is 0 Å². The summed E-state index contributed by atoms with van der Waals surface area (Å²) in [7, 11) is -0.584. The lowest BCUT2D eigenvalue weighted by atomic mass is 9.77. The highest BCUT2D eigenvalue weighted by Crippen LogP contribution is 2.38. The zero-order valence-electron chi connectivity index (χ0n) is 18.5. The zero-order chi connectivity index (χ0) is 22.5. The van der Waals surface area contributed by atoms with Gasteiger partial charge in [-0.05, 0) is 49.9 Å². The molecule has 3 rings (SSSR count). The van der Waals surface area contributed by atoms with Crippen LogP contribution in [0.5, 0.6) is 0 Å². The van der Waals surface area contributed by atoms with Crippen molar-refractivity contribution >= 4 is 30.9 Å². The summed E-state index contributed by atoms with van der Waals surface area (Å²) in [6.45, 7) is 8.44. The van der Waals surface area contributed by atoms with Crippen molar-refractivity contribution in [3.05, 3.63) is 76.8 Å². The summed E-state index contributed by atoms with van der Waals surface area (Å²) < 4.78 is 17.7. The molecule has 1 saturated heterocycles. The summed E-state index contributed by atoms with van der Waals surface area (Å²) in [6.07, 6.45) is 1.47. The van der Waals surface area contributed by atoms with Gasteiger partial charge in [0.1, 0.15) is 6.61 Å². The molecule has 2 aromatic rings. The van der Waals surface area contributed by atoms with Crippen LogP contribution in [-0.4, -0.2) is 31.0 Å². The van der Waals surface area contributed by atoms with Crippen LogP contribution in [0, 0.1) is 0 Å². The van der Waals surface area contributed by atoms with Crippen LogP contribution in [0.15, 0.2) is 60.1 Å². The summed E-state index contributed by atoms with van der Waals surface area (Å²) in [4.78, 5) is 12.3. The number of rotatable bonds is 7. The molecule has 0 unspecified atom stereocenters. The van der Waals surface area contributed by atoms with E-state index in [1.807, 2.05) is 88.4 Å². The van der Waals surface area contributed by atoms with E-state index in [4.69, 9.17) is 25.6 Å². The number of benzene rings is 2. The van der Waals surface area contributed by atoms with E-state index >= 15 is 0 Å². The summed E-state index contributed by atoms with van der Waals surface area (Å²) in [5.41, 5.74) is 2.73. The molecule has 0 atom stereocenters. The first-order chi connectivity index (χ1) is 14.7. The van der Waals surface area contributed by atoms with Gasteiger partial charge in [-0.2, -0.15) is 0 Å². The van der Waals surface area contributed by atoms with Crippen LogP contribution >= 0.6 is 11.6 Å². The van der Waals surface area contributed by atoms with Crippen molar-refractivity contribution < 1.29 is 18.8 Å². The zero-order valence-corrected chi connectivity index (χ0v) is 19.2. The predicted molar refractivity (Wildman–Crippen MR) is 125 cm³/mol. The Kier molecular flexibility index (Phi) is 7.47. The predicted octanol–water partition coefficient (Wildman–Crippen LogP) is 5.37. The normalized spacial score (nSPS) is 17.5. The van der Waals surface area contributed by atoms with Gasteiger partial charge in [-0.15, -0.1) is 11.6 Å². The van der Waals surface area contributed by atoms with E-state index in [1.54, 1.807) is 0 Å². The Balaban J connectivity index is 1.73. The molecule has 7 heteroatoms. The molecule has 164 valence electrons. The fourth-order valence-electron chi connectivity index (χ4n) is 3.13. The first-order valence-corrected chi connectivity index (χ1v) is 10.9. The third kappa shape index (κ3) is 6.13. The molecule has 0 radical (unpaired) electrons. The van der Waals surface area contributed by atoms with Crippen molar-refractivity contribution in [1.29, 1.82) is 0 Å². The molecule has 1 fully saturated rings. The van der Waals surface area contributed by atoms with E-state index in [9.17, 15) is 4.79 Å². The first kappa shape index (κ1) is 23.4. The third-order valence-corrected chi connectivity index (χ3v) is 5.97. The lowest BCUT2D eigenvalue weighted by Gasteiger charge is -2.32. The number of ether oxygens (including phenoxy) is 1. The van der Waals surface area contributed by atoms with Gasteiger partial charge in [0.15, 0.2) is 0 Å². The standard InChI is InChI=1S/C24H29BClNO4/c1-23(2)24(3,4)31-25(30-23)21(14-19-11-8-12-20(13-19)15-26)16-27-22(28)29-17-18-9-6-5-7-10-18/h5-14H,15-17H2,1-4H3,(H,27,28). The second-order valence-electron chi connectivity index (χ2n) is 8.60. The number of alkyl halides is 1. The highest BCUT2D eigenvalue weighted by Gasteiger charge is 2.52. The second kappa shape index (κ2) is 9.90. The van der Waals surface area contributed by atoms with Crippen LogP contribution in [0.3, 0.4) is 0 Å². The number of hydrogen-bond donors (Lipinski definition) is 1. The molecule has 0 bridgehead atoms. The largest absolute Gasteiger partial charge is 0.492 e. The van der Waals surface area contributed by atoms with E-state index < -0.39 is 24.4 Å². The third-order valence-electron chi connectivity index (χ3n) is 5.66. The maximum Gasteiger partial charge on any atom is 0.492 e. The minimum absolute atomic E-state index is 0.208. The number of carbonyl (C=O) groups is 1. The van der Waals surface area contributed by atoms with Gasteiger partial charge >= 0.3 is 13.2 Å². The average molecular weight is 442 g/mol. The van der Waals surface area contributed by atoms with Crippen LogP contribution in [0.1, 0.15) is 44.4 Å². The second-order valence-corrected chi connectivity index (χ2v) is 8.87. The summed E-state index contributed by atoms with van der Waals surface area (Å²) in [6, 6.07) is 17.5. The minimum atomic E-state index is -0.584. The quantitative estimate of drug-likeness (QED) is 0.464. The number of alkyl carbamates (subject to hydrolysis) is 1. The van der Waals surface area contributed by atoms with E-state index in [2.05, 4.69) is 5.32 Å². The van der Waals surface area contributed by atoms with Crippen molar-refractivity contribution in [3.63, 3.8) is 0 Å². The van der Waals surface area contributed by atoms with Crippen molar-refractivity contribution in [2.45, 2.75) is 51.4 Å². The van der Waals surface area contributed by atoms with Crippen LogP contribution < -0.4 is 5.32 Å². The lowest BCUT2D eigenvalue weighted by Crippen LogP contribution is -2.41. The Hall–Kier alpha value is -2.28. The fourth-order valence-corrected chi connectivity index (χ4v) is 3.29. The molecule has 0 aliphatic carbocycles. The van der Waals surface area contributed by atoms with Crippen molar-refractivity contribution in [1.82, 2.24) is 5.32 Å². The van der Waals surface area contributed by atoms with Gasteiger partial charge in [0.25, 0.3) is 0 Å². The number of nitrogens with one attached hydrogen (secondary N) is 1. The minimum Gasteiger partial charge on any atom is -0.445 e. The summed E-state index contributed by atoms with van der Waals surface area (Å²) in [5.74, 6) is 0.428. The molecule has 1 aliphatic heterocycles. The van der Waals surface area contributed by atoms with Gasteiger partial charge in [-0.25, -0.2) is 4.79 Å². The topological polar surface area (TPSA) is 56.8 Å². The Morgan fingerprint density at radius 1 is 1.03 bits per heavy atom. The lowest BCUT2D eigenvalue weighted by molar-refractivity contribution is 0.00578. The first-order valence-electron chi connectivity index (χ1n) is 10.4. The molecule has 31 heavy (non-hydrogen) atoms. The SMILES string of the molecule is CC1(C)OB(C(=Cc2cccc(CCl)c2)CNC(=O)OCc2ccccc2)OC1(C)C. The van der Waals surface area contributed by atoms with Crippen molar-refractivity contribution in [2.24, 2.45) is 0 Å². The number of carbonyl (C=O) groups excluding carboxylic acids is 1. The Bertz CT molecular complexity index is 914. The molecular weight excluding hydrogens is 413 g/mol. The molecule has 5 nitrogen and oxygen atoms in total. The Labute approximate surface area is 189 Å². The van der Waals surface area contributed by atoms with Gasteiger partial charge in [0.05, 0.1) is 11.2 Å². The monoisotopic (exact) mass is 441 g/mol. The molecular formula is C24H29BClNO4. The van der Waals surface area contributed by atoms with Crippen LogP contribution in [0.4, 0.5) is 4.79 Å². The maximum absolute atomic E-state index is 12.3. The number of hydrogen-bond acceptors (Lipinski definition) is 4. The van der Waals surface area contributed by atoms with Crippen molar-refractivity contribution in [2.75, 3.05) is 6.54 Å². The molecule has 1 amide bonds. The van der Waals surface area contributed by atoms with Gasteiger partial charge < -0.3 is 19.4 Å². The molecule has 0 saturated carbocycles.